The molecule has 17 heavy (non-hydrogen) atoms. The Kier molecular flexibility index (Phi) is 3.38. The number of ether oxygens (including phenoxy) is 1. The van der Waals surface area contributed by atoms with Gasteiger partial charge < -0.3 is 10.1 Å². The standard InChI is InChI=1S/C12H13F2NO2/c1-17-12(16)10-6-15-5-9(10)8-3-2-7(13)4-11(8)14/h2-4,9-10,15H,5-6H2,1H3. The van der Waals surface area contributed by atoms with E-state index in [0.29, 0.717) is 18.7 Å². The number of benzene rings is 1. The summed E-state index contributed by atoms with van der Waals surface area (Å²) in [5.41, 5.74) is 0.354. The number of halogens is 2. The van der Waals surface area contributed by atoms with E-state index in [-0.39, 0.29) is 11.9 Å². The number of carbonyl (C=O) groups excluding carboxylic acids is 1. The van der Waals surface area contributed by atoms with E-state index in [1.54, 1.807) is 0 Å². The van der Waals surface area contributed by atoms with E-state index in [4.69, 9.17) is 0 Å². The monoisotopic (exact) mass is 241 g/mol. The van der Waals surface area contributed by atoms with E-state index in [9.17, 15) is 13.6 Å². The summed E-state index contributed by atoms with van der Waals surface area (Å²) in [4.78, 5) is 11.5. The number of esters is 1. The van der Waals surface area contributed by atoms with Crippen molar-refractivity contribution >= 4 is 5.97 Å². The average Bonchev–Trinajstić information content (AvgIpc) is 2.77. The zero-order valence-electron chi connectivity index (χ0n) is 9.37. The first-order chi connectivity index (χ1) is 8.13. The maximum absolute atomic E-state index is 13.6. The molecule has 0 amide bonds. The van der Waals surface area contributed by atoms with Crippen LogP contribution in [0.25, 0.3) is 0 Å². The molecule has 1 saturated heterocycles. The van der Waals surface area contributed by atoms with Gasteiger partial charge in [0.1, 0.15) is 11.6 Å². The van der Waals surface area contributed by atoms with Crippen molar-refractivity contribution in [2.45, 2.75) is 5.92 Å². The Hall–Kier alpha value is -1.49. The summed E-state index contributed by atoms with van der Waals surface area (Å²) >= 11 is 0. The zero-order chi connectivity index (χ0) is 12.4. The van der Waals surface area contributed by atoms with Crippen LogP contribution >= 0.6 is 0 Å². The third-order valence-electron chi connectivity index (χ3n) is 3.08. The number of rotatable bonds is 2. The highest BCUT2D eigenvalue weighted by Gasteiger charge is 2.36. The Balaban J connectivity index is 2.29. The molecule has 0 radical (unpaired) electrons. The quantitative estimate of drug-likeness (QED) is 0.796. The van der Waals surface area contributed by atoms with Gasteiger partial charge in [-0.05, 0) is 11.6 Å². The first-order valence-corrected chi connectivity index (χ1v) is 5.37. The summed E-state index contributed by atoms with van der Waals surface area (Å²) in [5, 5.41) is 3.02. The third-order valence-corrected chi connectivity index (χ3v) is 3.08. The second-order valence-electron chi connectivity index (χ2n) is 4.06. The van der Waals surface area contributed by atoms with Gasteiger partial charge >= 0.3 is 5.97 Å². The summed E-state index contributed by atoms with van der Waals surface area (Å²) < 4.78 is 31.1. The fraction of sp³-hybridized carbons (Fsp3) is 0.417. The molecule has 3 nitrogen and oxygen atoms in total. The molecule has 2 atom stereocenters. The molecule has 5 heteroatoms. The van der Waals surface area contributed by atoms with Gasteiger partial charge in [-0.25, -0.2) is 8.78 Å². The number of nitrogens with one attached hydrogen (secondary N) is 1. The minimum absolute atomic E-state index is 0.303. The van der Waals surface area contributed by atoms with Gasteiger partial charge in [0.2, 0.25) is 0 Å². The maximum atomic E-state index is 13.6. The van der Waals surface area contributed by atoms with E-state index in [2.05, 4.69) is 10.1 Å². The second-order valence-corrected chi connectivity index (χ2v) is 4.06. The molecular weight excluding hydrogens is 228 g/mol. The van der Waals surface area contributed by atoms with Gasteiger partial charge in [0, 0.05) is 25.1 Å². The van der Waals surface area contributed by atoms with Crippen LogP contribution in [0.3, 0.4) is 0 Å². The molecule has 1 aromatic carbocycles. The lowest BCUT2D eigenvalue weighted by atomic mass is 9.88. The van der Waals surface area contributed by atoms with Gasteiger partial charge in [-0.3, -0.25) is 4.79 Å². The SMILES string of the molecule is COC(=O)C1CNCC1c1ccc(F)cc1F. The topological polar surface area (TPSA) is 38.3 Å². The Labute approximate surface area is 97.8 Å². The van der Waals surface area contributed by atoms with Crippen molar-refractivity contribution in [1.29, 1.82) is 0 Å². The minimum Gasteiger partial charge on any atom is -0.469 e. The van der Waals surface area contributed by atoms with Crippen molar-refractivity contribution in [3.8, 4) is 0 Å². The lowest BCUT2D eigenvalue weighted by Crippen LogP contribution is -2.23. The summed E-state index contributed by atoms with van der Waals surface area (Å²) in [6, 6.07) is 3.42. The van der Waals surface area contributed by atoms with E-state index in [0.717, 1.165) is 6.07 Å². The lowest BCUT2D eigenvalue weighted by Gasteiger charge is -2.17. The van der Waals surface area contributed by atoms with Gasteiger partial charge in [-0.2, -0.15) is 0 Å². The van der Waals surface area contributed by atoms with Crippen LogP contribution in [-0.4, -0.2) is 26.2 Å². The van der Waals surface area contributed by atoms with Crippen molar-refractivity contribution < 1.29 is 18.3 Å². The van der Waals surface area contributed by atoms with Gasteiger partial charge in [-0.1, -0.05) is 6.07 Å². The molecule has 1 aliphatic heterocycles. The molecule has 0 bridgehead atoms. The van der Waals surface area contributed by atoms with Crippen LogP contribution in [0.15, 0.2) is 18.2 Å². The predicted octanol–water partition coefficient (Wildman–Crippen LogP) is 1.44. The van der Waals surface area contributed by atoms with Gasteiger partial charge in [0.05, 0.1) is 13.0 Å². The van der Waals surface area contributed by atoms with E-state index < -0.39 is 17.6 Å². The second kappa shape index (κ2) is 4.79. The molecule has 0 saturated carbocycles. The normalized spacial score (nSPS) is 23.7. The van der Waals surface area contributed by atoms with Gasteiger partial charge in [0.15, 0.2) is 0 Å². The smallest absolute Gasteiger partial charge is 0.310 e. The molecule has 2 unspecified atom stereocenters. The molecule has 2 rings (SSSR count). The minimum atomic E-state index is -0.619. The Bertz CT molecular complexity index is 437. The zero-order valence-corrected chi connectivity index (χ0v) is 9.37. The van der Waals surface area contributed by atoms with Gasteiger partial charge in [0.25, 0.3) is 0 Å². The van der Waals surface area contributed by atoms with Crippen molar-refractivity contribution in [2.24, 2.45) is 5.92 Å². The Morgan fingerprint density at radius 1 is 1.41 bits per heavy atom. The number of hydrogen-bond donors (Lipinski definition) is 1. The highest BCUT2D eigenvalue weighted by Crippen LogP contribution is 2.30. The van der Waals surface area contributed by atoms with Crippen molar-refractivity contribution in [3.05, 3.63) is 35.4 Å². The Morgan fingerprint density at radius 3 is 2.82 bits per heavy atom. The largest absolute Gasteiger partial charge is 0.469 e. The lowest BCUT2D eigenvalue weighted by molar-refractivity contribution is -0.145. The van der Waals surface area contributed by atoms with Gasteiger partial charge in [-0.15, -0.1) is 0 Å². The Morgan fingerprint density at radius 2 is 2.18 bits per heavy atom. The van der Waals surface area contributed by atoms with Crippen molar-refractivity contribution in [3.63, 3.8) is 0 Å². The molecular formula is C12H13F2NO2. The highest BCUT2D eigenvalue weighted by molar-refractivity contribution is 5.74. The van der Waals surface area contributed by atoms with Crippen molar-refractivity contribution in [2.75, 3.05) is 20.2 Å². The molecule has 1 aromatic rings. The molecule has 0 spiro atoms. The summed E-state index contributed by atoms with van der Waals surface area (Å²) in [6.45, 7) is 0.941. The molecule has 1 heterocycles. The third kappa shape index (κ3) is 2.29. The van der Waals surface area contributed by atoms with E-state index in [1.807, 2.05) is 0 Å². The van der Waals surface area contributed by atoms with Crippen LogP contribution in [-0.2, 0) is 9.53 Å². The number of hydrogen-bond acceptors (Lipinski definition) is 3. The molecule has 92 valence electrons. The van der Waals surface area contributed by atoms with Crippen LogP contribution in [0.2, 0.25) is 0 Å². The van der Waals surface area contributed by atoms with Crippen molar-refractivity contribution in [1.82, 2.24) is 5.32 Å². The fourth-order valence-electron chi connectivity index (χ4n) is 2.21. The number of carbonyl (C=O) groups is 1. The summed E-state index contributed by atoms with van der Waals surface area (Å²) in [7, 11) is 1.30. The fourth-order valence-corrected chi connectivity index (χ4v) is 2.21. The molecule has 0 aliphatic carbocycles. The van der Waals surface area contributed by atoms with Crippen LogP contribution in [0.4, 0.5) is 8.78 Å². The summed E-state index contributed by atoms with van der Waals surface area (Å²) in [6.07, 6.45) is 0. The number of methoxy groups -OCH3 is 1. The van der Waals surface area contributed by atoms with Crippen LogP contribution in [0.1, 0.15) is 11.5 Å². The molecule has 0 aromatic heterocycles. The maximum Gasteiger partial charge on any atom is 0.310 e. The van der Waals surface area contributed by atoms with Crippen LogP contribution < -0.4 is 5.32 Å². The first kappa shape index (κ1) is 12.0. The molecule has 1 aliphatic rings. The average molecular weight is 241 g/mol. The summed E-state index contributed by atoms with van der Waals surface area (Å²) in [5.74, 6) is -2.33. The molecule has 1 fully saturated rings. The molecule has 1 N–H and O–H groups in total. The van der Waals surface area contributed by atoms with Crippen LogP contribution in [0.5, 0.6) is 0 Å². The predicted molar refractivity (Wildman–Crippen MR) is 57.5 cm³/mol. The van der Waals surface area contributed by atoms with E-state index >= 15 is 0 Å². The van der Waals surface area contributed by atoms with Crippen LogP contribution in [0, 0.1) is 17.6 Å². The van der Waals surface area contributed by atoms with E-state index in [1.165, 1.54) is 19.2 Å². The highest BCUT2D eigenvalue weighted by atomic mass is 19.1. The first-order valence-electron chi connectivity index (χ1n) is 5.37.